The molecule has 0 aromatic heterocycles. The number of hydrogen-bond donors (Lipinski definition) is 3. The highest BCUT2D eigenvalue weighted by molar-refractivity contribution is 5.73. The van der Waals surface area contributed by atoms with E-state index in [1.54, 1.807) is 70.8 Å². The van der Waals surface area contributed by atoms with E-state index in [2.05, 4.69) is 5.32 Å². The third kappa shape index (κ3) is 6.90. The molecule has 2 aromatic carbocycles. The van der Waals surface area contributed by atoms with Gasteiger partial charge in [0, 0.05) is 18.2 Å². The van der Waals surface area contributed by atoms with E-state index < -0.39 is 12.0 Å². The summed E-state index contributed by atoms with van der Waals surface area (Å²) in [5.74, 6) is 1.49. The van der Waals surface area contributed by atoms with Gasteiger partial charge in [-0.05, 0) is 31.2 Å². The Morgan fingerprint density at radius 1 is 0.962 bits per heavy atom. The van der Waals surface area contributed by atoms with E-state index in [4.69, 9.17) is 24.4 Å². The lowest BCUT2D eigenvalue weighted by Gasteiger charge is -2.10. The molecule has 0 amide bonds. The highest BCUT2D eigenvalue weighted by Crippen LogP contribution is 2.26. The number of likely N-dealkylation sites (N-methyl/N-ethyl adjacent to an activating group) is 1. The number of aliphatic carboxylic acids is 1. The van der Waals surface area contributed by atoms with Crippen molar-refractivity contribution in [3.63, 3.8) is 0 Å². The number of hydrogen-bond acceptors (Lipinski definition) is 6. The Hall–Kier alpha value is -2.93. The number of benzene rings is 2. The van der Waals surface area contributed by atoms with Crippen molar-refractivity contribution < 1.29 is 29.2 Å². The number of nitrogens with one attached hydrogen (secondary N) is 1. The van der Waals surface area contributed by atoms with Crippen LogP contribution in [0.3, 0.4) is 0 Å². The maximum absolute atomic E-state index is 10.7. The lowest BCUT2D eigenvalue weighted by atomic mass is 10.1. The Bertz CT molecular complexity index is 632. The minimum atomic E-state index is -0.874. The molecule has 0 radical (unpaired) electrons. The Morgan fingerprint density at radius 3 is 1.69 bits per heavy atom. The molecule has 0 saturated carbocycles. The van der Waals surface area contributed by atoms with Gasteiger partial charge in [0.1, 0.15) is 29.0 Å². The minimum absolute atomic E-state index is 0.185. The van der Waals surface area contributed by atoms with Crippen molar-refractivity contribution in [3.05, 3.63) is 48.0 Å². The van der Waals surface area contributed by atoms with Crippen LogP contribution < -0.4 is 19.5 Å². The van der Waals surface area contributed by atoms with Gasteiger partial charge in [0.2, 0.25) is 0 Å². The molecule has 3 N–H and O–H groups in total. The zero-order valence-electron chi connectivity index (χ0n) is 15.4. The molecule has 0 fully saturated rings. The SMILES string of the molecule is CNC(Cc1ccc(O)cc1)C(=O)O.COc1cc(OC)cc(OC)c1. The van der Waals surface area contributed by atoms with Gasteiger partial charge in [-0.2, -0.15) is 0 Å². The van der Waals surface area contributed by atoms with Crippen molar-refractivity contribution in [3.8, 4) is 23.0 Å². The van der Waals surface area contributed by atoms with Crippen LogP contribution in [0.1, 0.15) is 5.56 Å². The van der Waals surface area contributed by atoms with Crippen molar-refractivity contribution in [1.82, 2.24) is 5.32 Å². The van der Waals surface area contributed by atoms with Crippen molar-refractivity contribution in [2.24, 2.45) is 0 Å². The first-order valence-corrected chi connectivity index (χ1v) is 7.88. The van der Waals surface area contributed by atoms with Gasteiger partial charge in [0.25, 0.3) is 0 Å². The number of aromatic hydroxyl groups is 1. The summed E-state index contributed by atoms with van der Waals surface area (Å²) < 4.78 is 15.1. The molecular formula is C19H25NO6. The zero-order chi connectivity index (χ0) is 19.5. The van der Waals surface area contributed by atoms with E-state index in [1.165, 1.54) is 0 Å². The van der Waals surface area contributed by atoms with E-state index in [-0.39, 0.29) is 5.75 Å². The van der Waals surface area contributed by atoms with Crippen LogP contribution in [0.5, 0.6) is 23.0 Å². The summed E-state index contributed by atoms with van der Waals surface area (Å²) in [5.41, 5.74) is 0.879. The Balaban J connectivity index is 0.000000263. The Kier molecular flexibility index (Phi) is 8.80. The molecule has 7 heteroatoms. The predicted molar refractivity (Wildman–Crippen MR) is 98.4 cm³/mol. The summed E-state index contributed by atoms with van der Waals surface area (Å²) in [6, 6.07) is 11.3. The number of carbonyl (C=O) groups is 1. The summed E-state index contributed by atoms with van der Waals surface area (Å²) in [7, 11) is 6.43. The van der Waals surface area contributed by atoms with Crippen LogP contribution in [0.15, 0.2) is 42.5 Å². The number of carboxylic acids is 1. The monoisotopic (exact) mass is 363 g/mol. The summed E-state index contributed by atoms with van der Waals surface area (Å²) in [6.07, 6.45) is 0.409. The summed E-state index contributed by atoms with van der Waals surface area (Å²) in [4.78, 5) is 10.7. The third-order valence-electron chi connectivity index (χ3n) is 3.58. The van der Waals surface area contributed by atoms with Crippen LogP contribution in [-0.2, 0) is 11.2 Å². The average molecular weight is 363 g/mol. The van der Waals surface area contributed by atoms with Gasteiger partial charge in [-0.15, -0.1) is 0 Å². The molecule has 0 aliphatic heterocycles. The first kappa shape index (κ1) is 21.1. The van der Waals surface area contributed by atoms with E-state index in [9.17, 15) is 4.79 Å². The minimum Gasteiger partial charge on any atom is -0.508 e. The number of carboxylic acid groups (broad SMARTS) is 1. The first-order valence-electron chi connectivity index (χ1n) is 7.88. The lowest BCUT2D eigenvalue weighted by Crippen LogP contribution is -2.35. The van der Waals surface area contributed by atoms with Crippen molar-refractivity contribution in [1.29, 1.82) is 0 Å². The molecule has 2 rings (SSSR count). The van der Waals surface area contributed by atoms with Gasteiger partial charge in [0.15, 0.2) is 0 Å². The van der Waals surface area contributed by atoms with Crippen molar-refractivity contribution in [2.45, 2.75) is 12.5 Å². The molecule has 0 spiro atoms. The molecule has 0 saturated heterocycles. The van der Waals surface area contributed by atoms with E-state index >= 15 is 0 Å². The Morgan fingerprint density at radius 2 is 1.38 bits per heavy atom. The summed E-state index contributed by atoms with van der Waals surface area (Å²) in [5, 5.41) is 20.5. The number of phenols is 1. The molecule has 2 aromatic rings. The smallest absolute Gasteiger partial charge is 0.321 e. The van der Waals surface area contributed by atoms with Gasteiger partial charge in [0.05, 0.1) is 21.3 Å². The number of phenolic OH excluding ortho intramolecular Hbond substituents is 1. The molecule has 0 aliphatic rings. The number of methoxy groups -OCH3 is 3. The number of ether oxygens (including phenoxy) is 3. The predicted octanol–water partition coefficient (Wildman–Crippen LogP) is 2.32. The fourth-order valence-electron chi connectivity index (χ4n) is 2.08. The van der Waals surface area contributed by atoms with Gasteiger partial charge < -0.3 is 29.7 Å². The second-order valence-electron chi connectivity index (χ2n) is 5.30. The fourth-order valence-corrected chi connectivity index (χ4v) is 2.08. The molecular weight excluding hydrogens is 338 g/mol. The van der Waals surface area contributed by atoms with Crippen LogP contribution in [0.2, 0.25) is 0 Å². The van der Waals surface area contributed by atoms with Crippen LogP contribution in [-0.4, -0.2) is 50.6 Å². The molecule has 0 bridgehead atoms. The van der Waals surface area contributed by atoms with Gasteiger partial charge in [-0.3, -0.25) is 4.79 Å². The molecule has 26 heavy (non-hydrogen) atoms. The number of rotatable bonds is 7. The normalized spacial score (nSPS) is 10.9. The molecule has 1 unspecified atom stereocenters. The first-order chi connectivity index (χ1) is 12.4. The second kappa shape index (κ2) is 10.8. The summed E-state index contributed by atoms with van der Waals surface area (Å²) >= 11 is 0. The fraction of sp³-hybridized carbons (Fsp3) is 0.316. The van der Waals surface area contributed by atoms with E-state index in [1.807, 2.05) is 0 Å². The summed E-state index contributed by atoms with van der Waals surface area (Å²) in [6.45, 7) is 0. The van der Waals surface area contributed by atoms with Crippen LogP contribution in [0.4, 0.5) is 0 Å². The van der Waals surface area contributed by atoms with Crippen molar-refractivity contribution >= 4 is 5.97 Å². The quantitative estimate of drug-likeness (QED) is 0.694. The topological polar surface area (TPSA) is 97.3 Å². The Labute approximate surface area is 153 Å². The lowest BCUT2D eigenvalue weighted by molar-refractivity contribution is -0.139. The maximum atomic E-state index is 10.7. The van der Waals surface area contributed by atoms with Gasteiger partial charge >= 0.3 is 5.97 Å². The van der Waals surface area contributed by atoms with Crippen molar-refractivity contribution in [2.75, 3.05) is 28.4 Å². The van der Waals surface area contributed by atoms with Crippen LogP contribution in [0.25, 0.3) is 0 Å². The standard InChI is InChI=1S/C10H13NO3.C9H12O3/c1-11-9(10(13)14)6-7-2-4-8(12)5-3-7;1-10-7-4-8(11-2)6-9(5-7)12-3/h2-5,9,11-12H,6H2,1H3,(H,13,14);4-6H,1-3H3. The van der Waals surface area contributed by atoms with Crippen LogP contribution >= 0.6 is 0 Å². The third-order valence-corrected chi connectivity index (χ3v) is 3.58. The molecule has 1 atom stereocenters. The van der Waals surface area contributed by atoms with E-state index in [0.717, 1.165) is 22.8 Å². The second-order valence-corrected chi connectivity index (χ2v) is 5.30. The van der Waals surface area contributed by atoms with Gasteiger partial charge in [-0.1, -0.05) is 12.1 Å². The average Bonchev–Trinajstić information content (AvgIpc) is 2.67. The largest absolute Gasteiger partial charge is 0.508 e. The highest BCUT2D eigenvalue weighted by atomic mass is 16.5. The zero-order valence-corrected chi connectivity index (χ0v) is 15.4. The van der Waals surface area contributed by atoms with E-state index in [0.29, 0.717) is 6.42 Å². The molecule has 7 nitrogen and oxygen atoms in total. The molecule has 0 aliphatic carbocycles. The van der Waals surface area contributed by atoms with Gasteiger partial charge in [-0.25, -0.2) is 0 Å². The highest BCUT2D eigenvalue weighted by Gasteiger charge is 2.14. The molecule has 142 valence electrons. The maximum Gasteiger partial charge on any atom is 0.321 e. The molecule has 0 heterocycles. The van der Waals surface area contributed by atoms with Crippen LogP contribution in [0, 0.1) is 0 Å².